The highest BCUT2D eigenvalue weighted by Gasteiger charge is 2.26. The average Bonchev–Trinajstić information content (AvgIpc) is 2.85. The van der Waals surface area contributed by atoms with Gasteiger partial charge in [0, 0.05) is 12.5 Å². The molecule has 0 radical (unpaired) electrons. The molecule has 172 valence electrons. The number of rotatable bonds is 12. The van der Waals surface area contributed by atoms with Crippen LogP contribution in [-0.2, 0) is 22.4 Å². The molecule has 3 aromatic carbocycles. The van der Waals surface area contributed by atoms with Crippen LogP contribution in [0.15, 0.2) is 84.9 Å². The summed E-state index contributed by atoms with van der Waals surface area (Å²) in [4.78, 5) is 25.7. The van der Waals surface area contributed by atoms with E-state index in [0.717, 1.165) is 28.7 Å². The second-order valence-electron chi connectivity index (χ2n) is 8.23. The Kier molecular flexibility index (Phi) is 9.21. The quantitative estimate of drug-likeness (QED) is 0.393. The van der Waals surface area contributed by atoms with Crippen LogP contribution < -0.4 is 0 Å². The smallest absolute Gasteiger partial charge is 0.304 e. The van der Waals surface area contributed by atoms with E-state index in [4.69, 9.17) is 0 Å². The Morgan fingerprint density at radius 3 is 1.94 bits per heavy atom. The molecule has 0 saturated heterocycles. The van der Waals surface area contributed by atoms with Crippen LogP contribution in [0, 0.1) is 5.92 Å². The van der Waals surface area contributed by atoms with E-state index in [2.05, 4.69) is 36.4 Å². The van der Waals surface area contributed by atoms with E-state index in [-0.39, 0.29) is 12.3 Å². The molecule has 0 aliphatic heterocycles. The van der Waals surface area contributed by atoms with Gasteiger partial charge in [-0.05, 0) is 47.9 Å². The van der Waals surface area contributed by atoms with Crippen molar-refractivity contribution in [2.45, 2.75) is 32.1 Å². The van der Waals surface area contributed by atoms with Crippen molar-refractivity contribution in [1.29, 1.82) is 0 Å². The molecule has 0 saturated carbocycles. The molecule has 33 heavy (non-hydrogen) atoms. The molecule has 0 aromatic heterocycles. The van der Waals surface area contributed by atoms with E-state index in [1.165, 1.54) is 4.90 Å². The summed E-state index contributed by atoms with van der Waals surface area (Å²) in [6.07, 6.45) is 2.32. The van der Waals surface area contributed by atoms with Crippen molar-refractivity contribution in [2.75, 3.05) is 13.3 Å². The van der Waals surface area contributed by atoms with Crippen molar-refractivity contribution in [3.63, 3.8) is 0 Å². The summed E-state index contributed by atoms with van der Waals surface area (Å²) in [6.45, 7) is -0.0564. The first-order valence-corrected chi connectivity index (χ1v) is 11.4. The molecule has 5 heteroatoms. The van der Waals surface area contributed by atoms with Gasteiger partial charge in [0.1, 0.15) is 6.73 Å². The summed E-state index contributed by atoms with van der Waals surface area (Å²) in [5.74, 6) is -1.94. The fourth-order valence-corrected chi connectivity index (χ4v) is 3.99. The monoisotopic (exact) mass is 445 g/mol. The number of nitrogens with zero attached hydrogens (tertiary/aromatic N) is 1. The fraction of sp³-hybridized carbons (Fsp3) is 0.286. The lowest BCUT2D eigenvalue weighted by atomic mass is 9.94. The number of benzene rings is 3. The molecular formula is C28H31NO4. The van der Waals surface area contributed by atoms with Gasteiger partial charge in [-0.15, -0.1) is 0 Å². The first-order valence-electron chi connectivity index (χ1n) is 11.4. The van der Waals surface area contributed by atoms with Crippen molar-refractivity contribution >= 4 is 11.9 Å². The highest BCUT2D eigenvalue weighted by Crippen LogP contribution is 2.21. The van der Waals surface area contributed by atoms with Gasteiger partial charge in [-0.25, -0.2) is 0 Å². The van der Waals surface area contributed by atoms with E-state index >= 15 is 0 Å². The van der Waals surface area contributed by atoms with E-state index in [1.54, 1.807) is 0 Å². The topological polar surface area (TPSA) is 77.8 Å². The van der Waals surface area contributed by atoms with Crippen LogP contribution in [0.5, 0.6) is 0 Å². The predicted octanol–water partition coefficient (Wildman–Crippen LogP) is 4.79. The van der Waals surface area contributed by atoms with Crippen molar-refractivity contribution in [3.8, 4) is 11.1 Å². The molecule has 0 aliphatic carbocycles. The molecule has 1 atom stereocenters. The summed E-state index contributed by atoms with van der Waals surface area (Å²) in [5, 5.41) is 19.1. The Morgan fingerprint density at radius 1 is 0.758 bits per heavy atom. The number of aliphatic hydroxyl groups excluding tert-OH is 1. The first kappa shape index (κ1) is 24.2. The highest BCUT2D eigenvalue weighted by atomic mass is 16.4. The molecule has 0 spiro atoms. The number of amides is 1. The van der Waals surface area contributed by atoms with Crippen LogP contribution in [0.4, 0.5) is 0 Å². The van der Waals surface area contributed by atoms with Gasteiger partial charge in [-0.1, -0.05) is 84.9 Å². The molecule has 0 aliphatic rings. The molecule has 2 N–H and O–H groups in total. The minimum atomic E-state index is -0.999. The number of carboxylic acid groups (broad SMARTS) is 1. The normalized spacial score (nSPS) is 11.7. The number of aliphatic carboxylic acids is 1. The minimum Gasteiger partial charge on any atom is -0.481 e. The number of hydrogen-bond acceptors (Lipinski definition) is 3. The minimum absolute atomic E-state index is 0.229. The Balaban J connectivity index is 1.55. The molecule has 5 nitrogen and oxygen atoms in total. The lowest BCUT2D eigenvalue weighted by molar-refractivity contribution is -0.146. The van der Waals surface area contributed by atoms with Crippen LogP contribution in [0.1, 0.15) is 30.4 Å². The number of carbonyl (C=O) groups excluding carboxylic acids is 1. The molecule has 3 aromatic rings. The highest BCUT2D eigenvalue weighted by molar-refractivity contribution is 5.83. The summed E-state index contributed by atoms with van der Waals surface area (Å²) >= 11 is 0. The molecular weight excluding hydrogens is 414 g/mol. The third-order valence-electron chi connectivity index (χ3n) is 5.84. The summed E-state index contributed by atoms with van der Waals surface area (Å²) in [6, 6.07) is 28.2. The average molecular weight is 446 g/mol. The Bertz CT molecular complexity index is 1000. The number of hydrogen-bond donors (Lipinski definition) is 2. The Morgan fingerprint density at radius 2 is 1.33 bits per heavy atom. The maximum Gasteiger partial charge on any atom is 0.304 e. The van der Waals surface area contributed by atoms with Gasteiger partial charge in [-0.3, -0.25) is 9.59 Å². The zero-order valence-corrected chi connectivity index (χ0v) is 18.8. The number of carboxylic acids is 1. The van der Waals surface area contributed by atoms with Gasteiger partial charge in [0.15, 0.2) is 0 Å². The van der Waals surface area contributed by atoms with Gasteiger partial charge in [-0.2, -0.15) is 0 Å². The lowest BCUT2D eigenvalue weighted by Gasteiger charge is -2.25. The summed E-state index contributed by atoms with van der Waals surface area (Å²) in [7, 11) is 0. The molecule has 3 rings (SSSR count). The summed E-state index contributed by atoms with van der Waals surface area (Å²) < 4.78 is 0. The van der Waals surface area contributed by atoms with Crippen LogP contribution in [0.2, 0.25) is 0 Å². The summed E-state index contributed by atoms with van der Waals surface area (Å²) in [5.41, 5.74) is 4.53. The maximum atomic E-state index is 13.0. The Labute approximate surface area is 195 Å². The third-order valence-corrected chi connectivity index (χ3v) is 5.84. The molecule has 0 fully saturated rings. The van der Waals surface area contributed by atoms with Crippen LogP contribution in [0.3, 0.4) is 0 Å². The molecule has 0 bridgehead atoms. The largest absolute Gasteiger partial charge is 0.481 e. The van der Waals surface area contributed by atoms with Crippen molar-refractivity contribution in [2.24, 2.45) is 5.92 Å². The van der Waals surface area contributed by atoms with Gasteiger partial charge >= 0.3 is 5.97 Å². The van der Waals surface area contributed by atoms with Crippen LogP contribution >= 0.6 is 0 Å². The van der Waals surface area contributed by atoms with Gasteiger partial charge in [0.25, 0.3) is 0 Å². The Hall–Kier alpha value is -3.44. The van der Waals surface area contributed by atoms with Crippen LogP contribution in [0.25, 0.3) is 11.1 Å². The van der Waals surface area contributed by atoms with Gasteiger partial charge in [0.2, 0.25) is 5.91 Å². The van der Waals surface area contributed by atoms with Crippen molar-refractivity contribution in [1.82, 2.24) is 4.90 Å². The molecule has 0 heterocycles. The van der Waals surface area contributed by atoms with Crippen molar-refractivity contribution < 1.29 is 19.8 Å². The fourth-order valence-electron chi connectivity index (χ4n) is 3.99. The maximum absolute atomic E-state index is 13.0. The van der Waals surface area contributed by atoms with E-state index < -0.39 is 18.6 Å². The molecule has 1 unspecified atom stereocenters. The second kappa shape index (κ2) is 12.6. The van der Waals surface area contributed by atoms with E-state index in [0.29, 0.717) is 25.8 Å². The second-order valence-corrected chi connectivity index (χ2v) is 8.23. The number of aliphatic hydroxyl groups is 1. The lowest BCUT2D eigenvalue weighted by Crippen LogP contribution is -2.39. The zero-order valence-electron chi connectivity index (χ0n) is 18.8. The zero-order chi connectivity index (χ0) is 23.5. The number of aryl methyl sites for hydroxylation is 1. The third kappa shape index (κ3) is 7.58. The first-order chi connectivity index (χ1) is 16.1. The van der Waals surface area contributed by atoms with Gasteiger partial charge < -0.3 is 15.1 Å². The standard InChI is InChI=1S/C28H31NO4/c30-21-29(19-18-22-8-3-1-4-9-22)28(33)26(20-27(31)32)13-7-10-23-14-16-25(17-15-23)24-11-5-2-6-12-24/h1-6,8-9,11-12,14-17,26,30H,7,10,13,18-21H2,(H,31,32). The van der Waals surface area contributed by atoms with Crippen molar-refractivity contribution in [3.05, 3.63) is 96.1 Å². The predicted molar refractivity (Wildman–Crippen MR) is 130 cm³/mol. The number of carbonyl (C=O) groups is 2. The van der Waals surface area contributed by atoms with Crippen LogP contribution in [-0.4, -0.2) is 40.3 Å². The molecule has 1 amide bonds. The SMILES string of the molecule is O=C(O)CC(CCCc1ccc(-c2ccccc2)cc1)C(=O)N(CO)CCc1ccccc1. The van der Waals surface area contributed by atoms with E-state index in [9.17, 15) is 19.8 Å². The van der Waals surface area contributed by atoms with Gasteiger partial charge in [0.05, 0.1) is 6.42 Å². The van der Waals surface area contributed by atoms with E-state index in [1.807, 2.05) is 48.5 Å².